The molecule has 0 radical (unpaired) electrons. The fraction of sp³-hybridized carbons (Fsp3) is 0.316. The van der Waals surface area contributed by atoms with Crippen molar-refractivity contribution < 1.29 is 9.53 Å². The molecule has 3 aliphatic carbocycles. The zero-order valence-corrected chi connectivity index (χ0v) is 12.6. The van der Waals surface area contributed by atoms with E-state index < -0.39 is 0 Å². The van der Waals surface area contributed by atoms with E-state index in [9.17, 15) is 4.79 Å². The van der Waals surface area contributed by atoms with Crippen LogP contribution < -0.4 is 5.32 Å². The zero-order valence-electron chi connectivity index (χ0n) is 12.6. The first-order valence-corrected chi connectivity index (χ1v) is 7.75. The van der Waals surface area contributed by atoms with Gasteiger partial charge in [-0.2, -0.15) is 0 Å². The highest BCUT2D eigenvalue weighted by molar-refractivity contribution is 5.76. The molecule has 6 rings (SSSR count). The van der Waals surface area contributed by atoms with Gasteiger partial charge in [0.1, 0.15) is 6.10 Å². The maximum atomic E-state index is 12.0. The molecule has 3 heteroatoms. The Morgan fingerprint density at radius 2 is 1.32 bits per heavy atom. The maximum absolute atomic E-state index is 12.0. The summed E-state index contributed by atoms with van der Waals surface area (Å²) in [4.78, 5) is 12.0. The Morgan fingerprint density at radius 3 is 1.82 bits per heavy atom. The van der Waals surface area contributed by atoms with Gasteiger partial charge in [0.15, 0.2) is 0 Å². The molecule has 0 saturated carbocycles. The van der Waals surface area contributed by atoms with E-state index in [1.54, 1.807) is 0 Å². The maximum Gasteiger partial charge on any atom is 0.407 e. The molecule has 0 aromatic heterocycles. The van der Waals surface area contributed by atoms with Crippen LogP contribution in [0.3, 0.4) is 0 Å². The molecule has 0 unspecified atom stereocenters. The second-order valence-electron chi connectivity index (χ2n) is 6.94. The Morgan fingerprint density at radius 1 is 0.864 bits per heavy atom. The lowest BCUT2D eigenvalue weighted by molar-refractivity contribution is 0.0599. The average molecular weight is 291 g/mol. The molecular weight excluding hydrogens is 274 g/mol. The van der Waals surface area contributed by atoms with E-state index in [2.05, 4.69) is 67.7 Å². The average Bonchev–Trinajstić information content (AvgIpc) is 2.95. The lowest BCUT2D eigenvalue weighted by Crippen LogP contribution is -2.65. The highest BCUT2D eigenvalue weighted by Crippen LogP contribution is 2.60. The minimum absolute atomic E-state index is 0.0187. The minimum Gasteiger partial charge on any atom is -0.443 e. The Bertz CT molecular complexity index is 712. The molecule has 2 aromatic rings. The number of carbonyl (C=O) groups is 1. The van der Waals surface area contributed by atoms with Gasteiger partial charge < -0.3 is 10.1 Å². The van der Waals surface area contributed by atoms with Crippen molar-refractivity contribution in [1.29, 1.82) is 0 Å². The van der Waals surface area contributed by atoms with Gasteiger partial charge in [-0.15, -0.1) is 0 Å². The lowest BCUT2D eigenvalue weighted by atomic mass is 9.47. The Balaban J connectivity index is 1.95. The lowest BCUT2D eigenvalue weighted by Gasteiger charge is -2.57. The van der Waals surface area contributed by atoms with Gasteiger partial charge in [-0.1, -0.05) is 48.5 Å². The molecule has 2 aromatic carbocycles. The number of hydrogen-bond acceptors (Lipinski definition) is 2. The van der Waals surface area contributed by atoms with E-state index in [-0.39, 0.29) is 29.1 Å². The molecule has 22 heavy (non-hydrogen) atoms. The van der Waals surface area contributed by atoms with E-state index >= 15 is 0 Å². The topological polar surface area (TPSA) is 38.3 Å². The Hall–Kier alpha value is -2.29. The van der Waals surface area contributed by atoms with Crippen molar-refractivity contribution in [3.63, 3.8) is 0 Å². The minimum atomic E-state index is -0.298. The number of ether oxygens (including phenoxy) is 1. The Kier molecular flexibility index (Phi) is 1.98. The summed E-state index contributed by atoms with van der Waals surface area (Å²) in [6.45, 7) is 4.44. The fourth-order valence-corrected chi connectivity index (χ4v) is 5.03. The second-order valence-corrected chi connectivity index (χ2v) is 6.94. The number of rotatable bonds is 0. The van der Waals surface area contributed by atoms with Gasteiger partial charge >= 0.3 is 6.09 Å². The van der Waals surface area contributed by atoms with Crippen LogP contribution in [0.15, 0.2) is 48.5 Å². The van der Waals surface area contributed by atoms with Gasteiger partial charge in [0.2, 0.25) is 0 Å². The molecule has 1 heterocycles. The molecule has 0 spiro atoms. The van der Waals surface area contributed by atoms with Crippen LogP contribution in [0.5, 0.6) is 0 Å². The van der Waals surface area contributed by atoms with E-state index in [4.69, 9.17) is 4.74 Å². The standard InChI is InChI=1S/C19H17NO2/c1-18-11-7-3-5-9-13(11)19(2,14-10-6-4-8-12(14)18)16-15(18)20-17(21)22-16/h3-10,15-16H,1-2H3,(H,20,21)/t15-,16+,18?,19?/m0/s1. The van der Waals surface area contributed by atoms with Crippen LogP contribution in [0, 0.1) is 0 Å². The third-order valence-electron chi connectivity index (χ3n) is 6.09. The SMILES string of the molecule is CC12c3ccccc3C(C)(c3ccccc31)[C@H]1NC(=O)O[C@H]12. The summed E-state index contributed by atoms with van der Waals surface area (Å²) in [5, 5.41) is 3.07. The number of carbonyl (C=O) groups excluding carboxylic acids is 1. The number of benzene rings is 2. The third-order valence-corrected chi connectivity index (χ3v) is 6.09. The van der Waals surface area contributed by atoms with Crippen LogP contribution in [0.1, 0.15) is 36.1 Å². The Labute approximate surface area is 129 Å². The highest BCUT2D eigenvalue weighted by Gasteiger charge is 2.66. The zero-order chi connectivity index (χ0) is 15.1. The van der Waals surface area contributed by atoms with E-state index in [1.165, 1.54) is 22.3 Å². The van der Waals surface area contributed by atoms with Crippen molar-refractivity contribution in [1.82, 2.24) is 5.32 Å². The van der Waals surface area contributed by atoms with Crippen LogP contribution in [-0.2, 0) is 15.6 Å². The first kappa shape index (κ1) is 12.3. The summed E-state index contributed by atoms with van der Waals surface area (Å²) in [7, 11) is 0. The monoisotopic (exact) mass is 291 g/mol. The van der Waals surface area contributed by atoms with Crippen LogP contribution in [0.25, 0.3) is 0 Å². The molecule has 110 valence electrons. The summed E-state index contributed by atoms with van der Waals surface area (Å²) in [6, 6.07) is 17.1. The quantitative estimate of drug-likeness (QED) is 0.810. The smallest absolute Gasteiger partial charge is 0.407 e. The van der Waals surface area contributed by atoms with Gasteiger partial charge in [-0.3, -0.25) is 0 Å². The molecule has 2 atom stereocenters. The molecule has 4 aliphatic rings. The molecule has 2 bridgehead atoms. The van der Waals surface area contributed by atoms with Gasteiger partial charge in [-0.05, 0) is 36.1 Å². The van der Waals surface area contributed by atoms with Crippen LogP contribution in [-0.4, -0.2) is 18.2 Å². The summed E-state index contributed by atoms with van der Waals surface area (Å²) in [5.41, 5.74) is 4.64. The molecule has 1 amide bonds. The highest BCUT2D eigenvalue weighted by atomic mass is 16.6. The molecule has 1 saturated heterocycles. The molecular formula is C19H17NO2. The van der Waals surface area contributed by atoms with E-state index in [1.807, 2.05) is 0 Å². The number of nitrogens with one attached hydrogen (secondary N) is 1. The van der Waals surface area contributed by atoms with Crippen LogP contribution in [0.2, 0.25) is 0 Å². The normalized spacial score (nSPS) is 36.9. The molecule has 1 fully saturated rings. The fourth-order valence-electron chi connectivity index (χ4n) is 5.03. The largest absolute Gasteiger partial charge is 0.443 e. The van der Waals surface area contributed by atoms with Crippen LogP contribution in [0.4, 0.5) is 4.79 Å². The van der Waals surface area contributed by atoms with Gasteiger partial charge in [-0.25, -0.2) is 4.79 Å². The molecule has 1 aliphatic heterocycles. The van der Waals surface area contributed by atoms with Crippen LogP contribution >= 0.6 is 0 Å². The first-order valence-electron chi connectivity index (χ1n) is 7.75. The van der Waals surface area contributed by atoms with Crippen molar-refractivity contribution in [3.05, 3.63) is 70.8 Å². The van der Waals surface area contributed by atoms with E-state index in [0.717, 1.165) is 0 Å². The number of hydrogen-bond donors (Lipinski definition) is 1. The number of amides is 1. The first-order chi connectivity index (χ1) is 10.6. The third kappa shape index (κ3) is 1.08. The van der Waals surface area contributed by atoms with Crippen molar-refractivity contribution in [2.24, 2.45) is 0 Å². The number of alkyl carbamates (subject to hydrolysis) is 1. The van der Waals surface area contributed by atoms with Gasteiger partial charge in [0.25, 0.3) is 0 Å². The van der Waals surface area contributed by atoms with Crippen molar-refractivity contribution in [2.75, 3.05) is 0 Å². The summed E-state index contributed by atoms with van der Waals surface area (Å²) in [6.07, 6.45) is -0.456. The predicted molar refractivity (Wildman–Crippen MR) is 83.0 cm³/mol. The summed E-state index contributed by atoms with van der Waals surface area (Å²) >= 11 is 0. The van der Waals surface area contributed by atoms with Gasteiger partial charge in [0, 0.05) is 5.41 Å². The van der Waals surface area contributed by atoms with Crippen molar-refractivity contribution in [2.45, 2.75) is 36.8 Å². The molecule has 1 N–H and O–H groups in total. The van der Waals surface area contributed by atoms with Crippen molar-refractivity contribution in [3.8, 4) is 0 Å². The summed E-state index contributed by atoms with van der Waals surface area (Å²) < 4.78 is 5.73. The van der Waals surface area contributed by atoms with E-state index in [0.29, 0.717) is 0 Å². The second kappa shape index (κ2) is 3.54. The predicted octanol–water partition coefficient (Wildman–Crippen LogP) is 3.10. The summed E-state index contributed by atoms with van der Waals surface area (Å²) in [5.74, 6) is 0. The van der Waals surface area contributed by atoms with Gasteiger partial charge in [0.05, 0.1) is 11.5 Å². The van der Waals surface area contributed by atoms with Crippen molar-refractivity contribution >= 4 is 6.09 Å². The molecule has 3 nitrogen and oxygen atoms in total.